The zero-order valence-corrected chi connectivity index (χ0v) is 10.7. The average Bonchev–Trinajstić information content (AvgIpc) is 2.76. The lowest BCUT2D eigenvalue weighted by Gasteiger charge is -2.17. The van der Waals surface area contributed by atoms with Gasteiger partial charge < -0.3 is 5.11 Å². The van der Waals surface area contributed by atoms with E-state index in [0.717, 1.165) is 4.68 Å². The summed E-state index contributed by atoms with van der Waals surface area (Å²) in [5, 5.41) is 12.9. The Morgan fingerprint density at radius 2 is 2.26 bits per heavy atom. The Kier molecular flexibility index (Phi) is 4.08. The van der Waals surface area contributed by atoms with Gasteiger partial charge in [-0.1, -0.05) is 13.0 Å². The molecule has 0 bridgehead atoms. The first-order chi connectivity index (χ1) is 9.17. The maximum absolute atomic E-state index is 12.0. The molecule has 0 unspecified atom stereocenters. The Bertz CT molecular complexity index is 631. The van der Waals surface area contributed by atoms with Crippen LogP contribution < -0.4 is 5.69 Å². The smallest absolute Gasteiger partial charge is 0.357 e. The molecule has 2 aromatic heterocycles. The van der Waals surface area contributed by atoms with E-state index in [2.05, 4.69) is 5.10 Å². The predicted molar refractivity (Wildman–Crippen MR) is 69.3 cm³/mol. The van der Waals surface area contributed by atoms with Gasteiger partial charge in [-0.15, -0.1) is 9.78 Å². The molecule has 2 rings (SSSR count). The van der Waals surface area contributed by atoms with Gasteiger partial charge in [-0.25, -0.2) is 9.20 Å². The molecule has 19 heavy (non-hydrogen) atoms. The van der Waals surface area contributed by atoms with E-state index in [1.54, 1.807) is 29.3 Å². The van der Waals surface area contributed by atoms with Crippen LogP contribution >= 0.6 is 0 Å². The van der Waals surface area contributed by atoms with Crippen LogP contribution in [0.2, 0.25) is 0 Å². The number of fused-ring (bicyclic) bond motifs is 1. The van der Waals surface area contributed by atoms with E-state index < -0.39 is 11.6 Å². The standard InChI is InChI=1S/C12H16N4O3/c1-2-14(7-8-17)9-11(18)16-12(19)15-6-4-3-5-10(15)13-16/h3-6,17H,2,7-9H2,1H3. The lowest BCUT2D eigenvalue weighted by molar-refractivity contribution is 0.0817. The summed E-state index contributed by atoms with van der Waals surface area (Å²) in [7, 11) is 0. The Morgan fingerprint density at radius 3 is 2.89 bits per heavy atom. The van der Waals surface area contributed by atoms with Crippen molar-refractivity contribution in [3.8, 4) is 0 Å². The molecule has 102 valence electrons. The van der Waals surface area contributed by atoms with Gasteiger partial charge in [0.15, 0.2) is 5.65 Å². The van der Waals surface area contributed by atoms with Crippen molar-refractivity contribution in [3.63, 3.8) is 0 Å². The second kappa shape index (κ2) is 5.77. The number of hydrogen-bond donors (Lipinski definition) is 1. The van der Waals surface area contributed by atoms with Gasteiger partial charge in [0.05, 0.1) is 13.2 Å². The summed E-state index contributed by atoms with van der Waals surface area (Å²) in [6.07, 6.45) is 1.57. The van der Waals surface area contributed by atoms with E-state index in [1.165, 1.54) is 4.40 Å². The van der Waals surface area contributed by atoms with Gasteiger partial charge in [-0.2, -0.15) is 0 Å². The van der Waals surface area contributed by atoms with Gasteiger partial charge in [-0.3, -0.25) is 9.69 Å². The molecule has 0 atom stereocenters. The maximum atomic E-state index is 12.0. The number of aromatic nitrogens is 3. The number of rotatable bonds is 5. The summed E-state index contributed by atoms with van der Waals surface area (Å²) >= 11 is 0. The van der Waals surface area contributed by atoms with E-state index >= 15 is 0 Å². The van der Waals surface area contributed by atoms with Crippen molar-refractivity contribution >= 4 is 11.6 Å². The van der Waals surface area contributed by atoms with Crippen LogP contribution in [0, 0.1) is 0 Å². The van der Waals surface area contributed by atoms with Gasteiger partial charge in [0, 0.05) is 12.7 Å². The molecular formula is C12H16N4O3. The fourth-order valence-corrected chi connectivity index (χ4v) is 1.84. The predicted octanol–water partition coefficient (Wildman–Crippen LogP) is -0.550. The molecule has 2 aromatic rings. The average molecular weight is 264 g/mol. The number of nitrogens with zero attached hydrogens (tertiary/aromatic N) is 4. The first-order valence-electron chi connectivity index (χ1n) is 6.10. The number of likely N-dealkylation sites (N-methyl/N-ethyl adjacent to an activating group) is 1. The van der Waals surface area contributed by atoms with Crippen molar-refractivity contribution in [1.29, 1.82) is 0 Å². The van der Waals surface area contributed by atoms with Crippen LogP contribution in [0.25, 0.3) is 5.65 Å². The topological polar surface area (TPSA) is 79.8 Å². The summed E-state index contributed by atoms with van der Waals surface area (Å²) in [5.41, 5.74) is -0.0355. The largest absolute Gasteiger partial charge is 0.395 e. The van der Waals surface area contributed by atoms with E-state index in [1.807, 2.05) is 6.92 Å². The molecule has 0 aliphatic rings. The first-order valence-corrected chi connectivity index (χ1v) is 6.10. The third-order valence-corrected chi connectivity index (χ3v) is 2.89. The minimum absolute atomic E-state index is 0.0266. The van der Waals surface area contributed by atoms with Crippen molar-refractivity contribution < 1.29 is 9.90 Å². The molecule has 0 aliphatic heterocycles. The van der Waals surface area contributed by atoms with Crippen LogP contribution in [0.5, 0.6) is 0 Å². The first kappa shape index (κ1) is 13.4. The molecule has 0 spiro atoms. The monoisotopic (exact) mass is 264 g/mol. The summed E-state index contributed by atoms with van der Waals surface area (Å²) in [6, 6.07) is 5.12. The zero-order valence-electron chi connectivity index (χ0n) is 10.7. The normalized spacial score (nSPS) is 11.3. The third kappa shape index (κ3) is 2.72. The highest BCUT2D eigenvalue weighted by atomic mass is 16.3. The molecule has 7 nitrogen and oxygen atoms in total. The lowest BCUT2D eigenvalue weighted by atomic mass is 10.4. The van der Waals surface area contributed by atoms with Gasteiger partial charge in [0.2, 0.25) is 0 Å². The fourth-order valence-electron chi connectivity index (χ4n) is 1.84. The van der Waals surface area contributed by atoms with Crippen LogP contribution in [0.4, 0.5) is 0 Å². The molecule has 0 amide bonds. The van der Waals surface area contributed by atoms with Crippen molar-refractivity contribution in [2.75, 3.05) is 26.2 Å². The number of hydrogen-bond acceptors (Lipinski definition) is 5. The van der Waals surface area contributed by atoms with Gasteiger partial charge in [-0.05, 0) is 18.7 Å². The molecule has 0 radical (unpaired) electrons. The molecule has 0 saturated carbocycles. The van der Waals surface area contributed by atoms with Crippen molar-refractivity contribution in [2.24, 2.45) is 0 Å². The van der Waals surface area contributed by atoms with Gasteiger partial charge in [0.25, 0.3) is 5.91 Å². The molecule has 0 fully saturated rings. The molecule has 1 N–H and O–H groups in total. The van der Waals surface area contributed by atoms with Crippen molar-refractivity contribution in [3.05, 3.63) is 34.9 Å². The van der Waals surface area contributed by atoms with Crippen LogP contribution in [-0.4, -0.2) is 56.3 Å². The number of aliphatic hydroxyl groups is 1. The highest BCUT2D eigenvalue weighted by Gasteiger charge is 2.16. The minimum Gasteiger partial charge on any atom is -0.395 e. The van der Waals surface area contributed by atoms with Crippen LogP contribution in [0.1, 0.15) is 11.7 Å². The Labute approximate surface area is 109 Å². The van der Waals surface area contributed by atoms with Crippen LogP contribution in [0.15, 0.2) is 29.2 Å². The second-order valence-corrected chi connectivity index (χ2v) is 4.11. The van der Waals surface area contributed by atoms with Crippen LogP contribution in [0.3, 0.4) is 0 Å². The highest BCUT2D eigenvalue weighted by molar-refractivity contribution is 5.80. The molecule has 0 aromatic carbocycles. The van der Waals surface area contributed by atoms with E-state index in [4.69, 9.17) is 5.11 Å². The lowest BCUT2D eigenvalue weighted by Crippen LogP contribution is -2.38. The molecule has 0 saturated heterocycles. The Hall–Kier alpha value is -1.99. The number of aliphatic hydroxyl groups excluding tert-OH is 1. The summed E-state index contributed by atoms with van der Waals surface area (Å²) in [6.45, 7) is 2.93. The SMILES string of the molecule is CCN(CCO)CC(=O)n1nc2ccccn2c1=O. The second-order valence-electron chi connectivity index (χ2n) is 4.11. The number of carbonyl (C=O) groups excluding carboxylic acids is 1. The van der Waals surface area contributed by atoms with Crippen molar-refractivity contribution in [2.45, 2.75) is 6.92 Å². The number of carbonyl (C=O) groups is 1. The zero-order chi connectivity index (χ0) is 13.8. The molecule has 0 aliphatic carbocycles. The molecule has 7 heteroatoms. The molecule has 2 heterocycles. The maximum Gasteiger partial charge on any atom is 0.357 e. The third-order valence-electron chi connectivity index (χ3n) is 2.89. The van der Waals surface area contributed by atoms with E-state index in [-0.39, 0.29) is 13.2 Å². The number of pyridine rings is 1. The molecular weight excluding hydrogens is 248 g/mol. The Morgan fingerprint density at radius 1 is 1.47 bits per heavy atom. The summed E-state index contributed by atoms with van der Waals surface area (Å²) in [4.78, 5) is 25.8. The van der Waals surface area contributed by atoms with E-state index in [0.29, 0.717) is 18.7 Å². The highest BCUT2D eigenvalue weighted by Crippen LogP contribution is 1.96. The quantitative estimate of drug-likeness (QED) is 0.784. The summed E-state index contributed by atoms with van der Waals surface area (Å²) in [5.74, 6) is -0.399. The fraction of sp³-hybridized carbons (Fsp3) is 0.417. The van der Waals surface area contributed by atoms with Crippen LogP contribution in [-0.2, 0) is 0 Å². The van der Waals surface area contributed by atoms with Crippen molar-refractivity contribution in [1.82, 2.24) is 19.1 Å². The van der Waals surface area contributed by atoms with Gasteiger partial charge >= 0.3 is 5.69 Å². The minimum atomic E-state index is -0.472. The Balaban J connectivity index is 2.26. The van der Waals surface area contributed by atoms with Gasteiger partial charge in [0.1, 0.15) is 0 Å². The summed E-state index contributed by atoms with van der Waals surface area (Å²) < 4.78 is 2.19. The van der Waals surface area contributed by atoms with E-state index in [9.17, 15) is 9.59 Å².